The minimum absolute atomic E-state index is 0.112. The number of benzene rings is 1. The fourth-order valence-corrected chi connectivity index (χ4v) is 2.73. The van der Waals surface area contributed by atoms with Crippen LogP contribution in [0.1, 0.15) is 28.8 Å². The number of carbonyl (C=O) groups excluding carboxylic acids is 1. The number of nitrogens with zero attached hydrogens (tertiary/aromatic N) is 3. The Kier molecular flexibility index (Phi) is 3.82. The van der Waals surface area contributed by atoms with Crippen molar-refractivity contribution in [3.05, 3.63) is 35.4 Å². The Balaban J connectivity index is 1.57. The van der Waals surface area contributed by atoms with Gasteiger partial charge in [-0.05, 0) is 30.9 Å². The summed E-state index contributed by atoms with van der Waals surface area (Å²) in [5.41, 5.74) is 7.94. The predicted octanol–water partition coefficient (Wildman–Crippen LogP) is 1.09. The molecule has 0 atom stereocenters. The molecule has 0 saturated heterocycles. The summed E-state index contributed by atoms with van der Waals surface area (Å²) in [5, 5.41) is 0. The Morgan fingerprint density at radius 3 is 2.95 bits per heavy atom. The zero-order valence-corrected chi connectivity index (χ0v) is 12.5. The molecule has 0 spiro atoms. The maximum absolute atomic E-state index is 12.4. The van der Waals surface area contributed by atoms with Crippen molar-refractivity contribution in [1.82, 2.24) is 9.80 Å². The molecule has 1 aliphatic heterocycles. The lowest BCUT2D eigenvalue weighted by molar-refractivity contribution is 0.0745. The first-order valence-electron chi connectivity index (χ1n) is 7.57. The van der Waals surface area contributed by atoms with Crippen LogP contribution in [0.2, 0.25) is 0 Å². The molecule has 1 saturated carbocycles. The van der Waals surface area contributed by atoms with Crippen LogP contribution in [0.3, 0.4) is 0 Å². The molecule has 0 bridgehead atoms. The summed E-state index contributed by atoms with van der Waals surface area (Å²) in [6.07, 6.45) is 3.32. The third-order valence-electron chi connectivity index (χ3n) is 4.29. The van der Waals surface area contributed by atoms with Crippen LogP contribution in [0.15, 0.2) is 29.3 Å². The highest BCUT2D eigenvalue weighted by atomic mass is 16.2. The number of aliphatic imine (C=N–C) groups is 1. The normalized spacial score (nSPS) is 18.6. The van der Waals surface area contributed by atoms with E-state index in [1.54, 1.807) is 0 Å². The standard InChI is InChI=1S/C16H22N4O/c1-19(13-6-7-13)16(17)18-9-11-20-10-8-12-4-2-3-5-14(12)15(20)21/h2-5,13H,6-11H2,1H3,(H2,17,18). The van der Waals surface area contributed by atoms with Crippen molar-refractivity contribution in [2.75, 3.05) is 26.7 Å². The predicted molar refractivity (Wildman–Crippen MR) is 83.3 cm³/mol. The van der Waals surface area contributed by atoms with Gasteiger partial charge in [0.15, 0.2) is 5.96 Å². The van der Waals surface area contributed by atoms with Gasteiger partial charge >= 0.3 is 0 Å². The van der Waals surface area contributed by atoms with Gasteiger partial charge in [-0.25, -0.2) is 0 Å². The monoisotopic (exact) mass is 286 g/mol. The number of amides is 1. The lowest BCUT2D eigenvalue weighted by Crippen LogP contribution is -2.40. The summed E-state index contributed by atoms with van der Waals surface area (Å²) >= 11 is 0. The van der Waals surface area contributed by atoms with E-state index in [0.717, 1.165) is 24.1 Å². The Labute approximate surface area is 125 Å². The highest BCUT2D eigenvalue weighted by Gasteiger charge is 2.27. The van der Waals surface area contributed by atoms with Crippen molar-refractivity contribution in [2.24, 2.45) is 10.7 Å². The SMILES string of the molecule is CN(C(N)=NCCN1CCc2ccccc2C1=O)C1CC1. The van der Waals surface area contributed by atoms with E-state index in [2.05, 4.69) is 4.99 Å². The van der Waals surface area contributed by atoms with Crippen molar-refractivity contribution in [3.8, 4) is 0 Å². The summed E-state index contributed by atoms with van der Waals surface area (Å²) in [6, 6.07) is 8.41. The van der Waals surface area contributed by atoms with Crippen molar-refractivity contribution >= 4 is 11.9 Å². The Morgan fingerprint density at radius 1 is 1.43 bits per heavy atom. The second kappa shape index (κ2) is 5.76. The first kappa shape index (κ1) is 13.9. The van der Waals surface area contributed by atoms with E-state index in [9.17, 15) is 4.79 Å². The zero-order valence-electron chi connectivity index (χ0n) is 12.5. The second-order valence-corrected chi connectivity index (χ2v) is 5.78. The van der Waals surface area contributed by atoms with Gasteiger partial charge in [0.2, 0.25) is 0 Å². The fraction of sp³-hybridized carbons (Fsp3) is 0.500. The number of fused-ring (bicyclic) bond motifs is 1. The maximum Gasteiger partial charge on any atom is 0.254 e. The summed E-state index contributed by atoms with van der Waals surface area (Å²) in [5.74, 6) is 0.698. The maximum atomic E-state index is 12.4. The Hall–Kier alpha value is -2.04. The number of guanidine groups is 1. The van der Waals surface area contributed by atoms with Crippen LogP contribution in [0.25, 0.3) is 0 Å². The molecule has 2 aliphatic rings. The van der Waals surface area contributed by atoms with Crippen LogP contribution < -0.4 is 5.73 Å². The van der Waals surface area contributed by atoms with Crippen LogP contribution in [0.4, 0.5) is 0 Å². The van der Waals surface area contributed by atoms with Gasteiger partial charge in [-0.2, -0.15) is 0 Å². The smallest absolute Gasteiger partial charge is 0.254 e. The molecule has 1 aliphatic carbocycles. The van der Waals surface area contributed by atoms with E-state index in [4.69, 9.17) is 5.73 Å². The van der Waals surface area contributed by atoms with Gasteiger partial charge in [0.05, 0.1) is 6.54 Å². The van der Waals surface area contributed by atoms with Gasteiger partial charge in [-0.1, -0.05) is 18.2 Å². The molecule has 1 heterocycles. The highest BCUT2D eigenvalue weighted by Crippen LogP contribution is 2.24. The molecule has 1 aromatic carbocycles. The van der Waals surface area contributed by atoms with E-state index in [-0.39, 0.29) is 5.91 Å². The van der Waals surface area contributed by atoms with Crippen molar-refractivity contribution < 1.29 is 4.79 Å². The summed E-state index contributed by atoms with van der Waals surface area (Å²) < 4.78 is 0. The van der Waals surface area contributed by atoms with Gasteiger partial charge in [-0.15, -0.1) is 0 Å². The summed E-state index contributed by atoms with van der Waals surface area (Å²) in [4.78, 5) is 20.7. The van der Waals surface area contributed by atoms with E-state index < -0.39 is 0 Å². The Morgan fingerprint density at radius 2 is 2.19 bits per heavy atom. The molecule has 3 rings (SSSR count). The van der Waals surface area contributed by atoms with Gasteiger partial charge in [-0.3, -0.25) is 9.79 Å². The molecule has 1 aromatic rings. The molecule has 0 radical (unpaired) electrons. The molecule has 1 amide bonds. The molecule has 1 fully saturated rings. The van der Waals surface area contributed by atoms with Gasteiger partial charge in [0.1, 0.15) is 0 Å². The first-order chi connectivity index (χ1) is 10.2. The average molecular weight is 286 g/mol. The molecule has 21 heavy (non-hydrogen) atoms. The van der Waals surface area contributed by atoms with Gasteiger partial charge in [0.25, 0.3) is 5.91 Å². The highest BCUT2D eigenvalue weighted by molar-refractivity contribution is 5.96. The van der Waals surface area contributed by atoms with Crippen LogP contribution in [-0.4, -0.2) is 54.4 Å². The van der Waals surface area contributed by atoms with Crippen LogP contribution >= 0.6 is 0 Å². The van der Waals surface area contributed by atoms with Crippen LogP contribution in [0, 0.1) is 0 Å². The molecule has 0 unspecified atom stereocenters. The lowest BCUT2D eigenvalue weighted by atomic mass is 9.99. The topological polar surface area (TPSA) is 61.9 Å². The van der Waals surface area contributed by atoms with E-state index >= 15 is 0 Å². The Bertz CT molecular complexity index is 565. The minimum Gasteiger partial charge on any atom is -0.370 e. The second-order valence-electron chi connectivity index (χ2n) is 5.78. The third kappa shape index (κ3) is 3.01. The van der Waals surface area contributed by atoms with Gasteiger partial charge < -0.3 is 15.5 Å². The molecule has 5 heteroatoms. The molecular weight excluding hydrogens is 264 g/mol. The van der Waals surface area contributed by atoms with Crippen LogP contribution in [-0.2, 0) is 6.42 Å². The summed E-state index contributed by atoms with van der Waals surface area (Å²) in [6.45, 7) is 1.97. The third-order valence-corrected chi connectivity index (χ3v) is 4.29. The fourth-order valence-electron chi connectivity index (χ4n) is 2.73. The van der Waals surface area contributed by atoms with Crippen LogP contribution in [0.5, 0.6) is 0 Å². The molecule has 2 N–H and O–H groups in total. The molecule has 112 valence electrons. The van der Waals surface area contributed by atoms with Crippen molar-refractivity contribution in [2.45, 2.75) is 25.3 Å². The number of hydrogen-bond donors (Lipinski definition) is 1. The van der Waals surface area contributed by atoms with E-state index in [1.807, 2.05) is 41.1 Å². The van der Waals surface area contributed by atoms with Gasteiger partial charge in [0, 0.05) is 31.7 Å². The van der Waals surface area contributed by atoms with E-state index in [0.29, 0.717) is 25.1 Å². The largest absolute Gasteiger partial charge is 0.370 e. The average Bonchev–Trinajstić information content (AvgIpc) is 3.33. The summed E-state index contributed by atoms with van der Waals surface area (Å²) in [7, 11) is 1.98. The number of rotatable bonds is 4. The minimum atomic E-state index is 0.112. The van der Waals surface area contributed by atoms with Crippen molar-refractivity contribution in [3.63, 3.8) is 0 Å². The lowest BCUT2D eigenvalue weighted by Gasteiger charge is -2.28. The molecule has 5 nitrogen and oxygen atoms in total. The molecule has 0 aromatic heterocycles. The van der Waals surface area contributed by atoms with E-state index in [1.165, 1.54) is 12.8 Å². The quantitative estimate of drug-likeness (QED) is 0.666. The number of hydrogen-bond acceptors (Lipinski definition) is 2. The van der Waals surface area contributed by atoms with Crippen molar-refractivity contribution in [1.29, 1.82) is 0 Å². The number of nitrogens with two attached hydrogens (primary N) is 1. The number of carbonyl (C=O) groups is 1. The first-order valence-corrected chi connectivity index (χ1v) is 7.57. The zero-order chi connectivity index (χ0) is 14.8. The molecular formula is C16H22N4O.